The fourth-order valence-corrected chi connectivity index (χ4v) is 3.03. The molecule has 0 aliphatic rings. The van der Waals surface area contributed by atoms with E-state index in [-0.39, 0.29) is 34.4 Å². The molecule has 1 atom stereocenters. The van der Waals surface area contributed by atoms with Gasteiger partial charge in [-0.1, -0.05) is 47.5 Å². The summed E-state index contributed by atoms with van der Waals surface area (Å²) >= 11 is 6.10. The summed E-state index contributed by atoms with van der Waals surface area (Å²) < 4.78 is 5.20. The van der Waals surface area contributed by atoms with Crippen LogP contribution in [0.1, 0.15) is 17.3 Å². The van der Waals surface area contributed by atoms with Crippen molar-refractivity contribution in [3.63, 3.8) is 0 Å². The summed E-state index contributed by atoms with van der Waals surface area (Å²) in [5.41, 5.74) is 1.63. The molecule has 5 heteroatoms. The smallest absolute Gasteiger partial charge is 1.00 e. The molecule has 2 nitrogen and oxygen atoms in total. The maximum Gasteiger partial charge on any atom is 1.00 e. The Bertz CT molecular complexity index is 605. The second-order valence-electron chi connectivity index (χ2n) is 4.14. The van der Waals surface area contributed by atoms with Crippen LogP contribution >= 0.6 is 20.2 Å². The molecule has 0 aliphatic heterocycles. The van der Waals surface area contributed by atoms with Gasteiger partial charge in [-0.25, -0.2) is 0 Å². The van der Waals surface area contributed by atoms with E-state index in [4.69, 9.17) is 16.3 Å². The maximum atomic E-state index is 12.3. The van der Waals surface area contributed by atoms with Gasteiger partial charge in [-0.05, 0) is 32.9 Å². The summed E-state index contributed by atoms with van der Waals surface area (Å²) in [5.74, 6) is 0.525. The van der Waals surface area contributed by atoms with Gasteiger partial charge in [0.2, 0.25) is 0 Å². The molecule has 0 spiro atoms. The number of methoxy groups -OCH3 is 1. The van der Waals surface area contributed by atoms with Gasteiger partial charge in [-0.2, -0.15) is 0 Å². The standard InChI is InChI=1S/C15H14ClO2P.Li.H/c1-10-6-8-11(9-7-10)19-15(17)14-12(16)4-3-5-13(14)18-2;;/h3-9,19H,1-2H3;;/q;+1;-1. The van der Waals surface area contributed by atoms with E-state index in [2.05, 4.69) is 0 Å². The molecular weight excluding hydrogens is 286 g/mol. The molecule has 0 aromatic heterocycles. The van der Waals surface area contributed by atoms with Gasteiger partial charge in [-0.15, -0.1) is 0 Å². The van der Waals surface area contributed by atoms with Gasteiger partial charge in [0.1, 0.15) is 5.75 Å². The van der Waals surface area contributed by atoms with Gasteiger partial charge in [0, 0.05) is 0 Å². The van der Waals surface area contributed by atoms with Crippen LogP contribution < -0.4 is 28.9 Å². The van der Waals surface area contributed by atoms with Crippen molar-refractivity contribution in [1.29, 1.82) is 0 Å². The molecule has 0 aliphatic carbocycles. The Morgan fingerprint density at radius 1 is 1.20 bits per heavy atom. The van der Waals surface area contributed by atoms with Crippen molar-refractivity contribution < 1.29 is 29.8 Å². The van der Waals surface area contributed by atoms with Crippen molar-refractivity contribution in [2.45, 2.75) is 6.92 Å². The first kappa shape index (κ1) is 17.3. The monoisotopic (exact) mass is 300 g/mol. The SMILES string of the molecule is COc1cccc(Cl)c1C(=O)Pc1ccc(C)cc1.[H-].[Li+]. The van der Waals surface area contributed by atoms with E-state index < -0.39 is 0 Å². The van der Waals surface area contributed by atoms with Crippen LogP contribution in [0.3, 0.4) is 0 Å². The molecule has 0 heterocycles. The molecule has 0 saturated heterocycles. The van der Waals surface area contributed by atoms with E-state index in [0.717, 1.165) is 5.30 Å². The maximum absolute atomic E-state index is 12.3. The molecule has 0 N–H and O–H groups in total. The summed E-state index contributed by atoms with van der Waals surface area (Å²) in [6.45, 7) is 2.02. The van der Waals surface area contributed by atoms with Gasteiger partial charge in [0.15, 0.2) is 5.52 Å². The van der Waals surface area contributed by atoms with Crippen LogP contribution in [-0.4, -0.2) is 12.6 Å². The van der Waals surface area contributed by atoms with Crippen LogP contribution in [0.4, 0.5) is 0 Å². The van der Waals surface area contributed by atoms with Gasteiger partial charge in [-0.3, -0.25) is 4.79 Å². The molecule has 2 aromatic rings. The number of benzene rings is 2. The minimum atomic E-state index is -0.00805. The number of hydrogen-bond donors (Lipinski definition) is 0. The van der Waals surface area contributed by atoms with Gasteiger partial charge in [0.25, 0.3) is 0 Å². The number of hydrogen-bond acceptors (Lipinski definition) is 2. The Morgan fingerprint density at radius 2 is 1.85 bits per heavy atom. The number of ether oxygens (including phenoxy) is 1. The molecule has 0 saturated carbocycles. The summed E-state index contributed by atoms with van der Waals surface area (Å²) in [6, 6.07) is 13.2. The first-order valence-electron chi connectivity index (χ1n) is 5.82. The summed E-state index contributed by atoms with van der Waals surface area (Å²) in [4.78, 5) is 12.3. The van der Waals surface area contributed by atoms with Crippen LogP contribution in [-0.2, 0) is 0 Å². The van der Waals surface area contributed by atoms with Crippen LogP contribution in [0.15, 0.2) is 42.5 Å². The Morgan fingerprint density at radius 3 is 2.45 bits per heavy atom. The number of aryl methyl sites for hydroxylation is 1. The minimum absolute atomic E-state index is 0. The summed E-state index contributed by atoms with van der Waals surface area (Å²) in [5, 5.41) is 1.43. The zero-order chi connectivity index (χ0) is 13.8. The number of halogens is 1. The predicted molar refractivity (Wildman–Crippen MR) is 82.6 cm³/mol. The summed E-state index contributed by atoms with van der Waals surface area (Å²) in [6.07, 6.45) is 0. The number of rotatable bonds is 4. The largest absolute Gasteiger partial charge is 1.00 e. The molecule has 20 heavy (non-hydrogen) atoms. The number of carbonyl (C=O) groups excluding carboxylic acids is 1. The van der Waals surface area contributed by atoms with Crippen molar-refractivity contribution in [3.05, 3.63) is 58.6 Å². The molecule has 100 valence electrons. The van der Waals surface area contributed by atoms with E-state index in [1.807, 2.05) is 31.2 Å². The first-order chi connectivity index (χ1) is 9.11. The predicted octanol–water partition coefficient (Wildman–Crippen LogP) is 0.918. The normalized spacial score (nSPS) is 10.3. The third-order valence-electron chi connectivity index (χ3n) is 2.73. The third kappa shape index (κ3) is 4.11. The Balaban J connectivity index is 0.00000200. The molecule has 0 radical (unpaired) electrons. The molecule has 2 aromatic carbocycles. The molecular formula is C15H15ClLiO2P. The van der Waals surface area contributed by atoms with Gasteiger partial charge < -0.3 is 6.16 Å². The Hall–Kier alpha value is -0.773. The second kappa shape index (κ2) is 7.86. The molecule has 2 rings (SSSR count). The second-order valence-corrected chi connectivity index (χ2v) is 5.83. The van der Waals surface area contributed by atoms with E-state index in [9.17, 15) is 4.79 Å². The van der Waals surface area contributed by atoms with Crippen molar-refractivity contribution in [1.82, 2.24) is 0 Å². The quantitative estimate of drug-likeness (QED) is 0.620. The molecule has 1 unspecified atom stereocenters. The topological polar surface area (TPSA) is 26.3 Å². The van der Waals surface area contributed by atoms with Crippen molar-refractivity contribution >= 4 is 31.0 Å². The fourth-order valence-electron chi connectivity index (χ4n) is 1.73. The Labute approximate surface area is 139 Å². The van der Waals surface area contributed by atoms with Crippen LogP contribution in [0.25, 0.3) is 0 Å². The van der Waals surface area contributed by atoms with E-state index in [1.165, 1.54) is 12.7 Å². The fraction of sp³-hybridized carbons (Fsp3) is 0.133. The van der Waals surface area contributed by atoms with Crippen molar-refractivity contribution in [2.75, 3.05) is 7.11 Å². The van der Waals surface area contributed by atoms with Crippen molar-refractivity contribution in [2.24, 2.45) is 0 Å². The van der Waals surface area contributed by atoms with Gasteiger partial charge >= 0.3 is 18.9 Å². The Kier molecular flexibility index (Phi) is 6.79. The number of carbonyl (C=O) groups is 1. The van der Waals surface area contributed by atoms with E-state index in [0.29, 0.717) is 16.3 Å². The average molecular weight is 301 g/mol. The zero-order valence-corrected chi connectivity index (χ0v) is 13.5. The van der Waals surface area contributed by atoms with Crippen LogP contribution in [0.2, 0.25) is 5.02 Å². The van der Waals surface area contributed by atoms with Crippen LogP contribution in [0, 0.1) is 6.92 Å². The summed E-state index contributed by atoms with van der Waals surface area (Å²) in [7, 11) is 1.58. The minimum Gasteiger partial charge on any atom is -1.00 e. The third-order valence-corrected chi connectivity index (χ3v) is 4.15. The molecule has 0 amide bonds. The molecule has 0 fully saturated rings. The van der Waals surface area contributed by atoms with Crippen molar-refractivity contribution in [3.8, 4) is 5.75 Å². The van der Waals surface area contributed by atoms with E-state index >= 15 is 0 Å². The van der Waals surface area contributed by atoms with E-state index in [1.54, 1.807) is 18.2 Å². The van der Waals surface area contributed by atoms with Gasteiger partial charge in [0.05, 0.1) is 17.7 Å². The average Bonchev–Trinajstić information content (AvgIpc) is 2.40. The van der Waals surface area contributed by atoms with Crippen LogP contribution in [0.5, 0.6) is 5.75 Å². The molecule has 0 bridgehead atoms. The zero-order valence-electron chi connectivity index (χ0n) is 12.7. The first-order valence-corrected chi connectivity index (χ1v) is 7.20.